The van der Waals surface area contributed by atoms with Gasteiger partial charge in [0.2, 0.25) is 5.88 Å². The van der Waals surface area contributed by atoms with E-state index >= 15 is 0 Å². The summed E-state index contributed by atoms with van der Waals surface area (Å²) in [6, 6.07) is 0.272. The third-order valence-corrected chi connectivity index (χ3v) is 3.82. The zero-order valence-electron chi connectivity index (χ0n) is 9.80. The fraction of sp³-hybridized carbons (Fsp3) is 0.667. The van der Waals surface area contributed by atoms with E-state index in [9.17, 15) is 8.42 Å². The monoisotopic (exact) mass is 260 g/mol. The zero-order chi connectivity index (χ0) is 12.6. The molecule has 96 valence electrons. The molecule has 0 spiro atoms. The quantitative estimate of drug-likeness (QED) is 0.736. The number of hydrogen-bond acceptors (Lipinski definition) is 7. The van der Waals surface area contributed by atoms with Gasteiger partial charge in [0.25, 0.3) is 0 Å². The second kappa shape index (κ2) is 4.19. The van der Waals surface area contributed by atoms with Crippen molar-refractivity contribution in [1.29, 1.82) is 0 Å². The summed E-state index contributed by atoms with van der Waals surface area (Å²) in [7, 11) is -3.43. The van der Waals surface area contributed by atoms with Crippen LogP contribution in [0.5, 0.6) is 0 Å². The fourth-order valence-electron chi connectivity index (χ4n) is 1.96. The first-order valence-electron chi connectivity index (χ1n) is 5.33. The second-order valence-electron chi connectivity index (χ2n) is 4.27. The van der Waals surface area contributed by atoms with E-state index in [-0.39, 0.29) is 16.8 Å². The van der Waals surface area contributed by atoms with Gasteiger partial charge in [0.05, 0.1) is 0 Å². The number of nitrogens with one attached hydrogen (secondary N) is 1. The molecule has 2 rings (SSSR count). The van der Waals surface area contributed by atoms with Gasteiger partial charge in [-0.25, -0.2) is 8.42 Å². The van der Waals surface area contributed by atoms with Gasteiger partial charge in [0, 0.05) is 31.9 Å². The Kier molecular flexibility index (Phi) is 3.00. The average molecular weight is 260 g/mol. The highest BCUT2D eigenvalue weighted by Crippen LogP contribution is 2.30. The number of hydrogen-bond donors (Lipinski definition) is 2. The largest absolute Gasteiger partial charge is 0.366 e. The molecule has 0 saturated carbocycles. The van der Waals surface area contributed by atoms with Gasteiger partial charge in [-0.1, -0.05) is 5.16 Å². The van der Waals surface area contributed by atoms with E-state index in [1.54, 1.807) is 0 Å². The van der Waals surface area contributed by atoms with Crippen LogP contribution in [-0.2, 0) is 9.84 Å². The van der Waals surface area contributed by atoms with Crippen molar-refractivity contribution < 1.29 is 12.9 Å². The van der Waals surface area contributed by atoms with Crippen LogP contribution < -0.4 is 16.0 Å². The Morgan fingerprint density at radius 2 is 2.29 bits per heavy atom. The third kappa shape index (κ3) is 2.37. The first kappa shape index (κ1) is 12.2. The molecule has 1 fully saturated rings. The minimum atomic E-state index is -3.43. The lowest BCUT2D eigenvalue weighted by molar-refractivity contribution is 0.425. The minimum Gasteiger partial charge on any atom is -0.366 e. The lowest BCUT2D eigenvalue weighted by Gasteiger charge is -2.31. The standard InChI is InChI=1S/C9H16N4O3S/c1-6-5-13(4-3-11-6)9-7(17(2,14)15)8(10)16-12-9/h6,11H,3-5,10H2,1-2H3/t6-/m1/s1. The first-order chi connectivity index (χ1) is 7.89. The molecule has 7 nitrogen and oxygen atoms in total. The van der Waals surface area contributed by atoms with Crippen LogP contribution in [0.4, 0.5) is 11.7 Å². The summed E-state index contributed by atoms with van der Waals surface area (Å²) in [6.07, 6.45) is 1.10. The Morgan fingerprint density at radius 3 is 2.88 bits per heavy atom. The maximum atomic E-state index is 11.6. The van der Waals surface area contributed by atoms with E-state index in [1.807, 2.05) is 11.8 Å². The van der Waals surface area contributed by atoms with Crippen LogP contribution in [0, 0.1) is 0 Å². The van der Waals surface area contributed by atoms with E-state index in [4.69, 9.17) is 10.3 Å². The summed E-state index contributed by atoms with van der Waals surface area (Å²) in [4.78, 5) is 1.86. The van der Waals surface area contributed by atoms with Crippen LogP contribution in [0.3, 0.4) is 0 Å². The number of nitrogens with zero attached hydrogens (tertiary/aromatic N) is 2. The van der Waals surface area contributed by atoms with E-state index in [1.165, 1.54) is 0 Å². The summed E-state index contributed by atoms with van der Waals surface area (Å²) in [5.74, 6) is 0.173. The Bertz CT molecular complexity index is 510. The van der Waals surface area contributed by atoms with Gasteiger partial charge in [-0.05, 0) is 6.92 Å². The molecule has 0 unspecified atom stereocenters. The van der Waals surface area contributed by atoms with Crippen LogP contribution in [0.15, 0.2) is 9.42 Å². The van der Waals surface area contributed by atoms with Crippen molar-refractivity contribution in [3.8, 4) is 0 Å². The van der Waals surface area contributed by atoms with Crippen LogP contribution in [0.25, 0.3) is 0 Å². The summed E-state index contributed by atoms with van der Waals surface area (Å²) >= 11 is 0. The van der Waals surface area contributed by atoms with Crippen molar-refractivity contribution in [3.63, 3.8) is 0 Å². The lowest BCUT2D eigenvalue weighted by atomic mass is 10.2. The van der Waals surface area contributed by atoms with Gasteiger partial charge in [0.15, 0.2) is 20.6 Å². The van der Waals surface area contributed by atoms with Crippen molar-refractivity contribution in [2.45, 2.75) is 17.9 Å². The highest BCUT2D eigenvalue weighted by atomic mass is 32.2. The number of rotatable bonds is 2. The molecule has 1 atom stereocenters. The van der Waals surface area contributed by atoms with E-state index in [2.05, 4.69) is 10.5 Å². The van der Waals surface area contributed by atoms with Gasteiger partial charge in [-0.2, -0.15) is 0 Å². The van der Waals surface area contributed by atoms with Crippen molar-refractivity contribution in [1.82, 2.24) is 10.5 Å². The third-order valence-electron chi connectivity index (χ3n) is 2.70. The average Bonchev–Trinajstić information content (AvgIpc) is 2.59. The summed E-state index contributed by atoms with van der Waals surface area (Å²) in [6.45, 7) is 4.15. The SMILES string of the molecule is C[C@@H]1CN(c2noc(N)c2S(C)(=O)=O)CCN1. The highest BCUT2D eigenvalue weighted by Gasteiger charge is 2.29. The summed E-state index contributed by atoms with van der Waals surface area (Å²) in [5, 5.41) is 7.03. The maximum Gasteiger partial charge on any atom is 0.243 e. The zero-order valence-corrected chi connectivity index (χ0v) is 10.6. The molecule has 1 aliphatic rings. The van der Waals surface area contributed by atoms with E-state index < -0.39 is 9.84 Å². The molecule has 1 saturated heterocycles. The predicted octanol–water partition coefficient (Wildman–Crippen LogP) is -0.542. The number of piperazine rings is 1. The molecule has 0 aromatic carbocycles. The topological polar surface area (TPSA) is 101 Å². The van der Waals surface area contributed by atoms with Gasteiger partial charge >= 0.3 is 0 Å². The molecule has 0 aliphatic carbocycles. The molecule has 1 aliphatic heterocycles. The molecule has 0 radical (unpaired) electrons. The molecule has 1 aromatic heterocycles. The Morgan fingerprint density at radius 1 is 1.59 bits per heavy atom. The smallest absolute Gasteiger partial charge is 0.243 e. The number of aromatic nitrogens is 1. The highest BCUT2D eigenvalue weighted by molar-refractivity contribution is 7.91. The van der Waals surface area contributed by atoms with Crippen LogP contribution in [0.1, 0.15) is 6.92 Å². The number of nitrogen functional groups attached to an aromatic ring is 1. The fourth-order valence-corrected chi connectivity index (χ4v) is 2.86. The molecule has 8 heteroatoms. The van der Waals surface area contributed by atoms with E-state index in [0.717, 1.165) is 12.8 Å². The van der Waals surface area contributed by atoms with Crippen molar-refractivity contribution in [2.24, 2.45) is 0 Å². The van der Waals surface area contributed by atoms with Crippen LogP contribution in [0.2, 0.25) is 0 Å². The predicted molar refractivity (Wildman–Crippen MR) is 63.7 cm³/mol. The van der Waals surface area contributed by atoms with Gasteiger partial charge in [0.1, 0.15) is 0 Å². The van der Waals surface area contributed by atoms with Gasteiger partial charge in [-0.15, -0.1) is 0 Å². The maximum absolute atomic E-state index is 11.6. The number of nitrogens with two attached hydrogens (primary N) is 1. The minimum absolute atomic E-state index is 0.00778. The summed E-state index contributed by atoms with van der Waals surface area (Å²) in [5.41, 5.74) is 5.52. The van der Waals surface area contributed by atoms with Gasteiger partial charge < -0.3 is 20.5 Å². The number of sulfone groups is 1. The normalized spacial score (nSPS) is 21.8. The molecule has 0 amide bonds. The van der Waals surface area contributed by atoms with Crippen LogP contribution in [-0.4, -0.2) is 45.5 Å². The molecule has 2 heterocycles. The molecule has 1 aromatic rings. The Balaban J connectivity index is 2.39. The lowest BCUT2D eigenvalue weighted by Crippen LogP contribution is -2.49. The van der Waals surface area contributed by atoms with Gasteiger partial charge in [-0.3, -0.25) is 0 Å². The van der Waals surface area contributed by atoms with Crippen molar-refractivity contribution >= 4 is 21.5 Å². The summed E-state index contributed by atoms with van der Waals surface area (Å²) < 4.78 is 28.1. The molecule has 0 bridgehead atoms. The molecule has 3 N–H and O–H groups in total. The van der Waals surface area contributed by atoms with E-state index in [0.29, 0.717) is 18.9 Å². The van der Waals surface area contributed by atoms with Crippen LogP contribution >= 0.6 is 0 Å². The van der Waals surface area contributed by atoms with Crippen molar-refractivity contribution in [2.75, 3.05) is 36.5 Å². The molecule has 17 heavy (non-hydrogen) atoms. The molecular formula is C9H16N4O3S. The first-order valence-corrected chi connectivity index (χ1v) is 7.22. The Labute approximate surface area is 99.9 Å². The number of anilines is 2. The molecular weight excluding hydrogens is 244 g/mol. The second-order valence-corrected chi connectivity index (χ2v) is 6.23. The van der Waals surface area contributed by atoms with Crippen molar-refractivity contribution in [3.05, 3.63) is 0 Å². The Hall–Kier alpha value is -1.28.